The monoisotopic (exact) mass is 221 g/mol. The molecule has 0 amide bonds. The van der Waals surface area contributed by atoms with Crippen molar-refractivity contribution >= 4 is 0 Å². The zero-order chi connectivity index (χ0) is 11.4. The van der Waals surface area contributed by atoms with E-state index in [1.165, 1.54) is 31.4 Å². The maximum atomic E-state index is 4.18. The molecule has 3 heteroatoms. The largest absolute Gasteiger partial charge is 0.314 e. The van der Waals surface area contributed by atoms with Crippen molar-refractivity contribution in [3.8, 4) is 0 Å². The predicted molar refractivity (Wildman–Crippen MR) is 66.3 cm³/mol. The van der Waals surface area contributed by atoms with Gasteiger partial charge in [0.2, 0.25) is 0 Å². The number of aromatic nitrogens is 2. The Bertz CT molecular complexity index is 319. The van der Waals surface area contributed by atoms with Crippen LogP contribution < -0.4 is 5.32 Å². The Morgan fingerprint density at radius 2 is 2.38 bits per heavy atom. The first-order valence-electron chi connectivity index (χ1n) is 6.46. The van der Waals surface area contributed by atoms with Gasteiger partial charge >= 0.3 is 0 Å². The molecule has 1 fully saturated rings. The summed E-state index contributed by atoms with van der Waals surface area (Å²) in [5.41, 5.74) is 1.32. The summed E-state index contributed by atoms with van der Waals surface area (Å²) in [6.07, 6.45) is 8.48. The third-order valence-corrected chi connectivity index (χ3v) is 3.67. The highest BCUT2D eigenvalue weighted by Crippen LogP contribution is 2.23. The van der Waals surface area contributed by atoms with Gasteiger partial charge in [0.25, 0.3) is 0 Å². The minimum absolute atomic E-state index is 0.747. The zero-order valence-electron chi connectivity index (χ0n) is 10.4. The van der Waals surface area contributed by atoms with Crippen LogP contribution in [-0.2, 0) is 13.5 Å². The van der Waals surface area contributed by atoms with Crippen LogP contribution >= 0.6 is 0 Å². The number of aryl methyl sites for hydroxylation is 1. The molecule has 0 aromatic carbocycles. The molecule has 1 aliphatic rings. The van der Waals surface area contributed by atoms with Crippen molar-refractivity contribution in [1.29, 1.82) is 0 Å². The van der Waals surface area contributed by atoms with Crippen LogP contribution in [0.5, 0.6) is 0 Å². The van der Waals surface area contributed by atoms with Crippen molar-refractivity contribution in [3.63, 3.8) is 0 Å². The predicted octanol–water partition coefficient (Wildman–Crippen LogP) is 2.13. The molecule has 2 atom stereocenters. The third-order valence-electron chi connectivity index (χ3n) is 3.67. The van der Waals surface area contributed by atoms with E-state index in [1.807, 2.05) is 17.9 Å². The molecule has 2 rings (SSSR count). The molecule has 1 aromatic heterocycles. The molecule has 3 nitrogen and oxygen atoms in total. The lowest BCUT2D eigenvalue weighted by molar-refractivity contribution is 0.302. The fourth-order valence-corrected chi connectivity index (χ4v) is 2.67. The van der Waals surface area contributed by atoms with Crippen molar-refractivity contribution < 1.29 is 0 Å². The van der Waals surface area contributed by atoms with Gasteiger partial charge in [0, 0.05) is 37.9 Å². The summed E-state index contributed by atoms with van der Waals surface area (Å²) in [4.78, 5) is 0. The van der Waals surface area contributed by atoms with E-state index >= 15 is 0 Å². The lowest BCUT2D eigenvalue weighted by Gasteiger charge is -2.27. The second-order valence-corrected chi connectivity index (χ2v) is 5.12. The number of nitrogens with zero attached hydrogens (tertiary/aromatic N) is 2. The summed E-state index contributed by atoms with van der Waals surface area (Å²) in [6.45, 7) is 3.45. The molecule has 1 N–H and O–H groups in total. The first-order chi connectivity index (χ1) is 7.75. The highest BCUT2D eigenvalue weighted by atomic mass is 15.3. The standard InChI is InChI=1S/C13H23N3/c1-11-4-3-5-12(10-11)14-8-6-13-7-9-15-16(13)2/h7,9,11-12,14H,3-6,8,10H2,1-2H3. The van der Waals surface area contributed by atoms with Gasteiger partial charge < -0.3 is 5.32 Å². The first kappa shape index (κ1) is 11.6. The highest BCUT2D eigenvalue weighted by molar-refractivity contribution is 5.00. The van der Waals surface area contributed by atoms with E-state index in [1.54, 1.807) is 0 Å². The molecule has 0 saturated heterocycles. The topological polar surface area (TPSA) is 29.9 Å². The second kappa shape index (κ2) is 5.48. The van der Waals surface area contributed by atoms with Crippen LogP contribution in [0.15, 0.2) is 12.3 Å². The Morgan fingerprint density at radius 1 is 1.50 bits per heavy atom. The Balaban J connectivity index is 1.70. The summed E-state index contributed by atoms with van der Waals surface area (Å²) < 4.78 is 1.96. The molecule has 2 unspecified atom stereocenters. The molecular formula is C13H23N3. The van der Waals surface area contributed by atoms with E-state index in [9.17, 15) is 0 Å². The summed E-state index contributed by atoms with van der Waals surface area (Å²) in [6, 6.07) is 2.85. The van der Waals surface area contributed by atoms with E-state index in [2.05, 4.69) is 23.4 Å². The van der Waals surface area contributed by atoms with Crippen LogP contribution in [0.4, 0.5) is 0 Å². The summed E-state index contributed by atoms with van der Waals surface area (Å²) >= 11 is 0. The lowest BCUT2D eigenvalue weighted by atomic mass is 9.87. The van der Waals surface area contributed by atoms with Gasteiger partial charge in [-0.3, -0.25) is 4.68 Å². The van der Waals surface area contributed by atoms with Gasteiger partial charge in [0.1, 0.15) is 0 Å². The number of hydrogen-bond donors (Lipinski definition) is 1. The van der Waals surface area contributed by atoms with Crippen LogP contribution in [0, 0.1) is 5.92 Å². The quantitative estimate of drug-likeness (QED) is 0.844. The van der Waals surface area contributed by atoms with Crippen molar-refractivity contribution in [2.45, 2.75) is 45.1 Å². The number of nitrogens with one attached hydrogen (secondary N) is 1. The van der Waals surface area contributed by atoms with Gasteiger partial charge in [-0.05, 0) is 24.8 Å². The fraction of sp³-hybridized carbons (Fsp3) is 0.769. The summed E-state index contributed by atoms with van der Waals surface area (Å²) in [5, 5.41) is 7.86. The van der Waals surface area contributed by atoms with Crippen LogP contribution in [0.1, 0.15) is 38.3 Å². The van der Waals surface area contributed by atoms with Gasteiger partial charge in [-0.15, -0.1) is 0 Å². The molecule has 0 radical (unpaired) electrons. The lowest BCUT2D eigenvalue weighted by Crippen LogP contribution is -2.35. The van der Waals surface area contributed by atoms with Gasteiger partial charge in [0.05, 0.1) is 0 Å². The first-order valence-corrected chi connectivity index (χ1v) is 6.46. The molecule has 0 bridgehead atoms. The van der Waals surface area contributed by atoms with Crippen LogP contribution in [0.25, 0.3) is 0 Å². The fourth-order valence-electron chi connectivity index (χ4n) is 2.67. The maximum Gasteiger partial charge on any atom is 0.0492 e. The molecular weight excluding hydrogens is 198 g/mol. The van der Waals surface area contributed by atoms with Crippen LogP contribution in [-0.4, -0.2) is 22.4 Å². The summed E-state index contributed by atoms with van der Waals surface area (Å²) in [5.74, 6) is 0.906. The number of rotatable bonds is 4. The Kier molecular flexibility index (Phi) is 3.99. The average Bonchev–Trinajstić information content (AvgIpc) is 2.65. The third kappa shape index (κ3) is 3.08. The van der Waals surface area contributed by atoms with Gasteiger partial charge in [-0.25, -0.2) is 0 Å². The normalized spacial score (nSPS) is 25.9. The van der Waals surface area contributed by atoms with E-state index in [0.717, 1.165) is 24.9 Å². The smallest absolute Gasteiger partial charge is 0.0492 e. The molecule has 1 saturated carbocycles. The Labute approximate surface area is 98.2 Å². The molecule has 1 heterocycles. The van der Waals surface area contributed by atoms with E-state index in [-0.39, 0.29) is 0 Å². The van der Waals surface area contributed by atoms with E-state index in [0.29, 0.717) is 0 Å². The van der Waals surface area contributed by atoms with E-state index < -0.39 is 0 Å². The van der Waals surface area contributed by atoms with Crippen molar-refractivity contribution in [1.82, 2.24) is 15.1 Å². The van der Waals surface area contributed by atoms with Crippen LogP contribution in [0.3, 0.4) is 0 Å². The van der Waals surface area contributed by atoms with Gasteiger partial charge in [-0.1, -0.05) is 19.8 Å². The zero-order valence-corrected chi connectivity index (χ0v) is 10.4. The van der Waals surface area contributed by atoms with Gasteiger partial charge in [0.15, 0.2) is 0 Å². The van der Waals surface area contributed by atoms with Crippen molar-refractivity contribution in [2.75, 3.05) is 6.54 Å². The molecule has 16 heavy (non-hydrogen) atoms. The van der Waals surface area contributed by atoms with Crippen LogP contribution in [0.2, 0.25) is 0 Å². The number of hydrogen-bond acceptors (Lipinski definition) is 2. The summed E-state index contributed by atoms with van der Waals surface area (Å²) in [7, 11) is 2.01. The Morgan fingerprint density at radius 3 is 3.06 bits per heavy atom. The molecule has 0 spiro atoms. The SMILES string of the molecule is CC1CCCC(NCCc2ccnn2C)C1. The second-order valence-electron chi connectivity index (χ2n) is 5.12. The Hall–Kier alpha value is -0.830. The minimum atomic E-state index is 0.747. The van der Waals surface area contributed by atoms with Crippen molar-refractivity contribution in [3.05, 3.63) is 18.0 Å². The molecule has 0 aliphatic heterocycles. The highest BCUT2D eigenvalue weighted by Gasteiger charge is 2.17. The molecule has 90 valence electrons. The average molecular weight is 221 g/mol. The molecule has 1 aliphatic carbocycles. The van der Waals surface area contributed by atoms with E-state index in [4.69, 9.17) is 0 Å². The molecule has 1 aromatic rings. The maximum absolute atomic E-state index is 4.18. The van der Waals surface area contributed by atoms with Gasteiger partial charge in [-0.2, -0.15) is 5.10 Å². The van der Waals surface area contributed by atoms with Crippen molar-refractivity contribution in [2.24, 2.45) is 13.0 Å². The minimum Gasteiger partial charge on any atom is -0.314 e.